The summed E-state index contributed by atoms with van der Waals surface area (Å²) in [5, 5.41) is 10.2. The van der Waals surface area contributed by atoms with Crippen molar-refractivity contribution >= 4 is 17.5 Å². The van der Waals surface area contributed by atoms with Gasteiger partial charge >= 0.3 is 0 Å². The van der Waals surface area contributed by atoms with E-state index in [4.69, 9.17) is 0 Å². The van der Waals surface area contributed by atoms with Crippen LogP contribution in [0.15, 0.2) is 36.8 Å². The third-order valence-corrected chi connectivity index (χ3v) is 4.01. The first-order chi connectivity index (χ1) is 11.1. The molecule has 0 spiro atoms. The number of nitrogens with zero attached hydrogens (tertiary/aromatic N) is 3. The molecule has 0 aliphatic carbocycles. The first kappa shape index (κ1) is 15.4. The molecule has 2 atom stereocenters. The van der Waals surface area contributed by atoms with Crippen molar-refractivity contribution in [3.05, 3.63) is 42.4 Å². The lowest BCUT2D eigenvalue weighted by Crippen LogP contribution is -2.35. The molecule has 2 unspecified atom stereocenters. The fourth-order valence-corrected chi connectivity index (χ4v) is 2.65. The number of anilines is 1. The SMILES string of the molecule is CC(=O)C1CNC(C(=O)Nc2ccn(Cc3ccncc3)n2)C1. The molecule has 2 aromatic rings. The molecular formula is C16H19N5O2. The number of Topliss-reactive ketones (excluding diaryl/α,β-unsaturated/α-hetero) is 1. The van der Waals surface area contributed by atoms with E-state index in [2.05, 4.69) is 20.7 Å². The highest BCUT2D eigenvalue weighted by Crippen LogP contribution is 2.16. The van der Waals surface area contributed by atoms with Gasteiger partial charge in [0.15, 0.2) is 5.82 Å². The zero-order chi connectivity index (χ0) is 16.2. The molecule has 2 N–H and O–H groups in total. The Kier molecular flexibility index (Phi) is 4.47. The van der Waals surface area contributed by atoms with Crippen molar-refractivity contribution in [3.8, 4) is 0 Å². The van der Waals surface area contributed by atoms with Crippen molar-refractivity contribution in [2.75, 3.05) is 11.9 Å². The minimum Gasteiger partial charge on any atom is -0.308 e. The second-order valence-corrected chi connectivity index (χ2v) is 5.75. The first-order valence-electron chi connectivity index (χ1n) is 7.59. The van der Waals surface area contributed by atoms with Gasteiger partial charge in [-0.3, -0.25) is 19.3 Å². The number of amides is 1. The largest absolute Gasteiger partial charge is 0.308 e. The molecular weight excluding hydrogens is 294 g/mol. The van der Waals surface area contributed by atoms with E-state index in [9.17, 15) is 9.59 Å². The molecule has 120 valence electrons. The topological polar surface area (TPSA) is 88.9 Å². The lowest BCUT2D eigenvalue weighted by Gasteiger charge is -2.09. The molecule has 1 fully saturated rings. The Labute approximate surface area is 134 Å². The fraction of sp³-hybridized carbons (Fsp3) is 0.375. The van der Waals surface area contributed by atoms with Crippen molar-refractivity contribution in [1.82, 2.24) is 20.1 Å². The van der Waals surface area contributed by atoms with Crippen LogP contribution >= 0.6 is 0 Å². The number of hydrogen-bond acceptors (Lipinski definition) is 5. The van der Waals surface area contributed by atoms with Crippen molar-refractivity contribution in [1.29, 1.82) is 0 Å². The summed E-state index contributed by atoms with van der Waals surface area (Å²) in [6, 6.07) is 5.26. The van der Waals surface area contributed by atoms with Crippen LogP contribution in [0, 0.1) is 5.92 Å². The normalized spacial score (nSPS) is 20.4. The second kappa shape index (κ2) is 6.70. The van der Waals surface area contributed by atoms with Crippen LogP contribution < -0.4 is 10.6 Å². The monoisotopic (exact) mass is 313 g/mol. The van der Waals surface area contributed by atoms with Gasteiger partial charge < -0.3 is 10.6 Å². The van der Waals surface area contributed by atoms with Crippen LogP contribution in [-0.2, 0) is 16.1 Å². The van der Waals surface area contributed by atoms with Crippen LogP contribution in [0.2, 0.25) is 0 Å². The van der Waals surface area contributed by atoms with Crippen LogP contribution in [0.1, 0.15) is 18.9 Å². The van der Waals surface area contributed by atoms with Crippen molar-refractivity contribution < 1.29 is 9.59 Å². The number of hydrogen-bond donors (Lipinski definition) is 2. The number of carbonyl (C=O) groups excluding carboxylic acids is 2. The summed E-state index contributed by atoms with van der Waals surface area (Å²) in [6.45, 7) is 2.74. The van der Waals surface area contributed by atoms with Gasteiger partial charge in [0, 0.05) is 37.1 Å². The minimum absolute atomic E-state index is 0.0741. The number of aromatic nitrogens is 3. The van der Waals surface area contributed by atoms with Crippen LogP contribution in [0.3, 0.4) is 0 Å². The lowest BCUT2D eigenvalue weighted by molar-refractivity contribution is -0.120. The maximum atomic E-state index is 12.2. The van der Waals surface area contributed by atoms with E-state index >= 15 is 0 Å². The van der Waals surface area contributed by atoms with Gasteiger partial charge in [0.1, 0.15) is 5.78 Å². The van der Waals surface area contributed by atoms with Crippen LogP contribution in [-0.4, -0.2) is 39.0 Å². The van der Waals surface area contributed by atoms with E-state index in [1.807, 2.05) is 18.3 Å². The van der Waals surface area contributed by atoms with Gasteiger partial charge in [-0.25, -0.2) is 0 Å². The van der Waals surface area contributed by atoms with Gasteiger partial charge in [-0.05, 0) is 31.0 Å². The van der Waals surface area contributed by atoms with E-state index in [0.717, 1.165) is 5.56 Å². The summed E-state index contributed by atoms with van der Waals surface area (Å²) in [5.41, 5.74) is 1.09. The summed E-state index contributed by atoms with van der Waals surface area (Å²) >= 11 is 0. The summed E-state index contributed by atoms with van der Waals surface area (Å²) in [4.78, 5) is 27.5. The average Bonchev–Trinajstić information content (AvgIpc) is 3.18. The van der Waals surface area contributed by atoms with E-state index in [-0.39, 0.29) is 23.7 Å². The molecule has 3 heterocycles. The van der Waals surface area contributed by atoms with Crippen molar-refractivity contribution in [2.45, 2.75) is 25.9 Å². The number of carbonyl (C=O) groups is 2. The molecule has 23 heavy (non-hydrogen) atoms. The predicted molar refractivity (Wildman–Crippen MR) is 84.8 cm³/mol. The Morgan fingerprint density at radius 3 is 2.83 bits per heavy atom. The van der Waals surface area contributed by atoms with Crippen LogP contribution in [0.25, 0.3) is 0 Å². The van der Waals surface area contributed by atoms with Gasteiger partial charge in [-0.2, -0.15) is 5.10 Å². The molecule has 0 bridgehead atoms. The first-order valence-corrected chi connectivity index (χ1v) is 7.59. The van der Waals surface area contributed by atoms with Gasteiger partial charge in [0.2, 0.25) is 5.91 Å². The second-order valence-electron chi connectivity index (χ2n) is 5.75. The number of pyridine rings is 1. The highest BCUT2D eigenvalue weighted by molar-refractivity contribution is 5.95. The van der Waals surface area contributed by atoms with Gasteiger partial charge in [-0.1, -0.05) is 0 Å². The Morgan fingerprint density at radius 2 is 2.13 bits per heavy atom. The summed E-state index contributed by atoms with van der Waals surface area (Å²) in [7, 11) is 0. The number of ketones is 1. The maximum absolute atomic E-state index is 12.2. The highest BCUT2D eigenvalue weighted by Gasteiger charge is 2.31. The Hall–Kier alpha value is -2.54. The Balaban J connectivity index is 1.57. The molecule has 1 amide bonds. The van der Waals surface area contributed by atoms with E-state index in [0.29, 0.717) is 25.3 Å². The van der Waals surface area contributed by atoms with Gasteiger partial charge in [0.25, 0.3) is 0 Å². The average molecular weight is 313 g/mol. The molecule has 0 radical (unpaired) electrons. The van der Waals surface area contributed by atoms with Crippen molar-refractivity contribution in [3.63, 3.8) is 0 Å². The van der Waals surface area contributed by atoms with E-state index < -0.39 is 0 Å². The summed E-state index contributed by atoms with van der Waals surface area (Å²) < 4.78 is 1.76. The molecule has 1 saturated heterocycles. The van der Waals surface area contributed by atoms with Crippen LogP contribution in [0.4, 0.5) is 5.82 Å². The van der Waals surface area contributed by atoms with Crippen molar-refractivity contribution in [2.24, 2.45) is 5.92 Å². The summed E-state index contributed by atoms with van der Waals surface area (Å²) in [5.74, 6) is 0.407. The Morgan fingerprint density at radius 1 is 1.35 bits per heavy atom. The molecule has 7 heteroatoms. The molecule has 7 nitrogen and oxygen atoms in total. The molecule has 1 aliphatic heterocycles. The zero-order valence-corrected chi connectivity index (χ0v) is 12.9. The van der Waals surface area contributed by atoms with Gasteiger partial charge in [-0.15, -0.1) is 0 Å². The standard InChI is InChI=1S/C16H19N5O2/c1-11(22)13-8-14(18-9-13)16(23)19-15-4-7-21(20-15)10-12-2-5-17-6-3-12/h2-7,13-14,18H,8-10H2,1H3,(H,19,20,23). The lowest BCUT2D eigenvalue weighted by atomic mass is 10.0. The minimum atomic E-state index is -0.339. The molecule has 1 aliphatic rings. The maximum Gasteiger partial charge on any atom is 0.242 e. The molecule has 2 aromatic heterocycles. The molecule has 0 aromatic carbocycles. The third-order valence-electron chi connectivity index (χ3n) is 4.01. The third kappa shape index (κ3) is 3.81. The fourth-order valence-electron chi connectivity index (χ4n) is 2.65. The summed E-state index contributed by atoms with van der Waals surface area (Å²) in [6.07, 6.45) is 5.83. The molecule has 0 saturated carbocycles. The smallest absolute Gasteiger partial charge is 0.242 e. The Bertz CT molecular complexity index is 698. The highest BCUT2D eigenvalue weighted by atomic mass is 16.2. The van der Waals surface area contributed by atoms with E-state index in [1.54, 1.807) is 30.1 Å². The van der Waals surface area contributed by atoms with Gasteiger partial charge in [0.05, 0.1) is 12.6 Å². The zero-order valence-electron chi connectivity index (χ0n) is 12.9. The van der Waals surface area contributed by atoms with Crippen LogP contribution in [0.5, 0.6) is 0 Å². The van der Waals surface area contributed by atoms with E-state index in [1.165, 1.54) is 0 Å². The predicted octanol–water partition coefficient (Wildman–Crippen LogP) is 0.832. The molecule has 3 rings (SSSR count). The number of nitrogens with one attached hydrogen (secondary N) is 2. The quantitative estimate of drug-likeness (QED) is 0.853. The number of rotatable bonds is 5.